The molecule has 2 N–H and O–H groups in total. The number of fused-ring (bicyclic) bond motifs is 1. The molecule has 1 aromatic rings. The van der Waals surface area contributed by atoms with E-state index in [2.05, 4.69) is 0 Å². The molecular weight excluding hydrogens is 320 g/mol. The molecule has 24 heavy (non-hydrogen) atoms. The van der Waals surface area contributed by atoms with Gasteiger partial charge in [-0.3, -0.25) is 9.59 Å². The van der Waals surface area contributed by atoms with Gasteiger partial charge in [0.15, 0.2) is 11.5 Å². The van der Waals surface area contributed by atoms with E-state index in [4.69, 9.17) is 18.9 Å². The minimum absolute atomic E-state index is 0.0497. The number of phenols is 2. The topological polar surface area (TPSA) is 112 Å². The fourth-order valence-corrected chi connectivity index (χ4v) is 2.67. The Morgan fingerprint density at radius 3 is 1.62 bits per heavy atom. The van der Waals surface area contributed by atoms with Crippen molar-refractivity contribution in [1.82, 2.24) is 0 Å². The van der Waals surface area contributed by atoms with Crippen molar-refractivity contribution in [2.75, 3.05) is 28.4 Å². The van der Waals surface area contributed by atoms with Gasteiger partial charge in [0.25, 0.3) is 0 Å². The van der Waals surface area contributed by atoms with E-state index in [1.54, 1.807) is 6.92 Å². The average molecular weight is 338 g/mol. The normalized spacial score (nSPS) is 15.2. The second-order valence-electron chi connectivity index (χ2n) is 5.00. The van der Waals surface area contributed by atoms with Crippen molar-refractivity contribution in [1.29, 1.82) is 0 Å². The highest BCUT2D eigenvalue weighted by Crippen LogP contribution is 2.49. The maximum absolute atomic E-state index is 12.6. The van der Waals surface area contributed by atoms with E-state index >= 15 is 0 Å². The predicted molar refractivity (Wildman–Crippen MR) is 81.5 cm³/mol. The van der Waals surface area contributed by atoms with Gasteiger partial charge < -0.3 is 29.2 Å². The zero-order chi connectivity index (χ0) is 18.2. The second kappa shape index (κ2) is 6.40. The Kier molecular flexibility index (Phi) is 4.70. The van der Waals surface area contributed by atoms with Gasteiger partial charge in [-0.2, -0.15) is 0 Å². The van der Waals surface area contributed by atoms with Gasteiger partial charge in [-0.25, -0.2) is 0 Å². The van der Waals surface area contributed by atoms with Crippen LogP contribution in [0.2, 0.25) is 0 Å². The summed E-state index contributed by atoms with van der Waals surface area (Å²) in [4.78, 5) is 25.2. The molecule has 1 aromatic carbocycles. The van der Waals surface area contributed by atoms with E-state index in [0.717, 1.165) is 0 Å². The first kappa shape index (κ1) is 17.6. The van der Waals surface area contributed by atoms with Gasteiger partial charge in [0.2, 0.25) is 23.1 Å². The molecule has 8 heteroatoms. The predicted octanol–water partition coefficient (Wildman–Crippen LogP) is 1.70. The number of aromatic hydroxyl groups is 2. The Bertz CT molecular complexity index is 747. The van der Waals surface area contributed by atoms with Crippen molar-refractivity contribution in [3.63, 3.8) is 0 Å². The van der Waals surface area contributed by atoms with Gasteiger partial charge in [0.05, 0.1) is 44.1 Å². The van der Waals surface area contributed by atoms with Gasteiger partial charge in [0.1, 0.15) is 5.75 Å². The summed E-state index contributed by atoms with van der Waals surface area (Å²) in [6, 6.07) is 0. The van der Waals surface area contributed by atoms with Crippen LogP contribution in [0.5, 0.6) is 17.2 Å². The number of Topliss-reactive ketones (excluding diaryl/α,β-unsaturated/α-hetero) is 2. The van der Waals surface area contributed by atoms with Crippen LogP contribution >= 0.6 is 0 Å². The molecule has 0 heterocycles. The minimum atomic E-state index is -0.799. The van der Waals surface area contributed by atoms with Gasteiger partial charge in [-0.15, -0.1) is 0 Å². The number of carbonyl (C=O) groups is 2. The third kappa shape index (κ3) is 2.26. The molecule has 1 aliphatic rings. The van der Waals surface area contributed by atoms with Crippen molar-refractivity contribution in [3.8, 4) is 17.2 Å². The van der Waals surface area contributed by atoms with E-state index < -0.39 is 34.7 Å². The Morgan fingerprint density at radius 2 is 1.25 bits per heavy atom. The molecule has 0 saturated carbocycles. The van der Waals surface area contributed by atoms with E-state index in [-0.39, 0.29) is 28.4 Å². The van der Waals surface area contributed by atoms with Crippen LogP contribution in [-0.2, 0) is 14.2 Å². The van der Waals surface area contributed by atoms with E-state index in [1.807, 2.05) is 0 Å². The number of ketones is 2. The van der Waals surface area contributed by atoms with Crippen molar-refractivity contribution >= 4 is 11.6 Å². The van der Waals surface area contributed by atoms with Crippen molar-refractivity contribution in [2.24, 2.45) is 0 Å². The maximum atomic E-state index is 12.6. The number of methoxy groups -OCH3 is 4. The van der Waals surface area contributed by atoms with E-state index in [1.165, 1.54) is 28.4 Å². The Balaban J connectivity index is 2.92. The largest absolute Gasteiger partial charge is 0.507 e. The number of hydrogen-bond acceptors (Lipinski definition) is 8. The Morgan fingerprint density at radius 1 is 0.792 bits per heavy atom. The second-order valence-corrected chi connectivity index (χ2v) is 5.00. The molecule has 0 radical (unpaired) electrons. The standard InChI is InChI=1S/C16H18O8/c1-6(21-2)7-10(17)8-9(11(18)14(7)22-3)13(20)16(24-5)15(23-4)12(8)19/h6,17-18H,1-5H3. The van der Waals surface area contributed by atoms with Crippen LogP contribution in [0.4, 0.5) is 0 Å². The number of allylic oxidation sites excluding steroid dienone is 2. The summed E-state index contributed by atoms with van der Waals surface area (Å²) in [5.41, 5.74) is -0.734. The smallest absolute Gasteiger partial charge is 0.236 e. The Hall–Kier alpha value is -2.74. The monoisotopic (exact) mass is 338 g/mol. The van der Waals surface area contributed by atoms with Gasteiger partial charge in [0, 0.05) is 7.11 Å². The first-order valence-corrected chi connectivity index (χ1v) is 6.95. The molecule has 1 aliphatic carbocycles. The number of phenolic OH excluding ortho intramolecular Hbond substituents is 2. The van der Waals surface area contributed by atoms with Gasteiger partial charge >= 0.3 is 0 Å². The van der Waals surface area contributed by atoms with Crippen LogP contribution in [0, 0.1) is 0 Å². The van der Waals surface area contributed by atoms with Crippen molar-refractivity contribution in [2.45, 2.75) is 13.0 Å². The highest BCUT2D eigenvalue weighted by atomic mass is 16.5. The van der Waals surface area contributed by atoms with E-state index in [0.29, 0.717) is 0 Å². The summed E-state index contributed by atoms with van der Waals surface area (Å²) in [6.45, 7) is 1.59. The average Bonchev–Trinajstić information content (AvgIpc) is 2.57. The van der Waals surface area contributed by atoms with Crippen LogP contribution in [0.1, 0.15) is 39.3 Å². The molecule has 1 atom stereocenters. The number of ether oxygens (including phenoxy) is 4. The molecule has 0 spiro atoms. The fourth-order valence-electron chi connectivity index (χ4n) is 2.67. The molecule has 0 bridgehead atoms. The molecule has 0 saturated heterocycles. The lowest BCUT2D eigenvalue weighted by molar-refractivity contribution is 0.0819. The van der Waals surface area contributed by atoms with Crippen LogP contribution in [-0.4, -0.2) is 50.2 Å². The van der Waals surface area contributed by atoms with Gasteiger partial charge in [-0.1, -0.05) is 0 Å². The zero-order valence-corrected chi connectivity index (χ0v) is 13.9. The lowest BCUT2D eigenvalue weighted by Crippen LogP contribution is -2.25. The molecule has 0 aromatic heterocycles. The lowest BCUT2D eigenvalue weighted by Gasteiger charge is -2.25. The van der Waals surface area contributed by atoms with Crippen LogP contribution in [0.15, 0.2) is 11.5 Å². The Labute approximate surface area is 138 Å². The van der Waals surface area contributed by atoms with E-state index in [9.17, 15) is 19.8 Å². The molecule has 0 aliphatic heterocycles. The van der Waals surface area contributed by atoms with Crippen molar-refractivity contribution < 1.29 is 38.7 Å². The third-order valence-electron chi connectivity index (χ3n) is 3.88. The first-order valence-electron chi connectivity index (χ1n) is 6.95. The molecule has 2 rings (SSSR count). The number of hydrogen-bond donors (Lipinski definition) is 2. The lowest BCUT2D eigenvalue weighted by atomic mass is 9.87. The minimum Gasteiger partial charge on any atom is -0.507 e. The van der Waals surface area contributed by atoms with Crippen molar-refractivity contribution in [3.05, 3.63) is 28.2 Å². The summed E-state index contributed by atoms with van der Waals surface area (Å²) >= 11 is 0. The van der Waals surface area contributed by atoms with Crippen LogP contribution in [0.25, 0.3) is 0 Å². The highest BCUT2D eigenvalue weighted by Gasteiger charge is 2.42. The highest BCUT2D eigenvalue weighted by molar-refractivity contribution is 6.28. The molecule has 0 amide bonds. The summed E-state index contributed by atoms with van der Waals surface area (Å²) in [6.07, 6.45) is -0.710. The summed E-state index contributed by atoms with van der Waals surface area (Å²) in [5.74, 6) is -3.55. The number of carbonyl (C=O) groups excluding carboxylic acids is 2. The quantitative estimate of drug-likeness (QED) is 0.780. The van der Waals surface area contributed by atoms with Crippen LogP contribution < -0.4 is 4.74 Å². The number of benzene rings is 1. The third-order valence-corrected chi connectivity index (χ3v) is 3.88. The van der Waals surface area contributed by atoms with Gasteiger partial charge in [-0.05, 0) is 6.92 Å². The zero-order valence-electron chi connectivity index (χ0n) is 13.9. The molecule has 1 unspecified atom stereocenters. The SMILES string of the molecule is COC1=C(OC)C(=O)c2c(O)c(C(C)OC)c(OC)c(O)c2C1=O. The molecule has 0 fully saturated rings. The summed E-state index contributed by atoms with van der Waals surface area (Å²) in [7, 11) is 5.04. The number of rotatable bonds is 5. The molecular formula is C16H18O8. The molecule has 8 nitrogen and oxygen atoms in total. The first-order chi connectivity index (χ1) is 11.3. The fraction of sp³-hybridized carbons (Fsp3) is 0.375. The molecule has 130 valence electrons. The van der Waals surface area contributed by atoms with Crippen LogP contribution in [0.3, 0.4) is 0 Å². The summed E-state index contributed by atoms with van der Waals surface area (Å²) in [5, 5.41) is 21.0. The maximum Gasteiger partial charge on any atom is 0.236 e. The summed E-state index contributed by atoms with van der Waals surface area (Å²) < 4.78 is 20.1.